The first kappa shape index (κ1) is 14.9. The largest absolute Gasteiger partial charge is 0.492 e. The van der Waals surface area contributed by atoms with Crippen LogP contribution in [0.2, 0.25) is 0 Å². The van der Waals surface area contributed by atoms with Gasteiger partial charge < -0.3 is 15.4 Å². The number of H-pyrrole nitrogens is 1. The molecule has 0 aliphatic heterocycles. The van der Waals surface area contributed by atoms with E-state index >= 15 is 0 Å². The van der Waals surface area contributed by atoms with Crippen molar-refractivity contribution in [3.63, 3.8) is 0 Å². The van der Waals surface area contributed by atoms with Crippen molar-refractivity contribution < 1.29 is 4.74 Å². The zero-order valence-electron chi connectivity index (χ0n) is 12.2. The Balaban J connectivity index is 1.73. The molecule has 3 N–H and O–H groups in total. The number of nitrogens with one attached hydrogen (secondary N) is 3. The lowest BCUT2D eigenvalue weighted by Gasteiger charge is -2.11. The number of benzene rings is 1. The van der Waals surface area contributed by atoms with Gasteiger partial charge in [0.05, 0.1) is 18.8 Å². The van der Waals surface area contributed by atoms with Crippen molar-refractivity contribution in [3.05, 3.63) is 48.3 Å². The second kappa shape index (κ2) is 8.63. The van der Waals surface area contributed by atoms with Gasteiger partial charge in [0.1, 0.15) is 12.4 Å². The predicted molar refractivity (Wildman–Crippen MR) is 83.3 cm³/mol. The topological polar surface area (TPSA) is 74.3 Å². The number of guanidine groups is 1. The minimum atomic E-state index is 0.564. The van der Waals surface area contributed by atoms with Crippen molar-refractivity contribution >= 4 is 5.96 Å². The van der Waals surface area contributed by atoms with Crippen LogP contribution in [0.3, 0.4) is 0 Å². The van der Waals surface area contributed by atoms with Crippen LogP contribution in [0.5, 0.6) is 5.75 Å². The van der Waals surface area contributed by atoms with Crippen molar-refractivity contribution in [3.8, 4) is 5.75 Å². The van der Waals surface area contributed by atoms with Crippen LogP contribution < -0.4 is 15.4 Å². The minimum absolute atomic E-state index is 0.564. The molecule has 112 valence electrons. The van der Waals surface area contributed by atoms with Crippen LogP contribution in [0.15, 0.2) is 47.6 Å². The first-order chi connectivity index (χ1) is 10.4. The molecule has 1 aromatic heterocycles. The molecule has 6 heteroatoms. The van der Waals surface area contributed by atoms with Crippen LogP contribution in [0.4, 0.5) is 0 Å². The van der Waals surface area contributed by atoms with E-state index in [0.717, 1.165) is 23.9 Å². The minimum Gasteiger partial charge on any atom is -0.492 e. The summed E-state index contributed by atoms with van der Waals surface area (Å²) in [6.45, 7) is 4.68. The van der Waals surface area contributed by atoms with Crippen LogP contribution in [-0.2, 0) is 6.54 Å². The van der Waals surface area contributed by atoms with E-state index in [2.05, 4.69) is 25.8 Å². The van der Waals surface area contributed by atoms with Gasteiger partial charge in [-0.1, -0.05) is 18.2 Å². The molecule has 0 radical (unpaired) electrons. The zero-order valence-corrected chi connectivity index (χ0v) is 12.2. The van der Waals surface area contributed by atoms with E-state index in [4.69, 9.17) is 4.74 Å². The first-order valence-electron chi connectivity index (χ1n) is 7.06. The van der Waals surface area contributed by atoms with E-state index < -0.39 is 0 Å². The smallest absolute Gasteiger partial charge is 0.191 e. The lowest BCUT2D eigenvalue weighted by atomic mass is 10.3. The Bertz CT molecular complexity index is 524. The Morgan fingerprint density at radius 3 is 2.81 bits per heavy atom. The normalized spacial score (nSPS) is 11.2. The Hall–Kier alpha value is -2.50. The molecule has 0 saturated carbocycles. The van der Waals surface area contributed by atoms with E-state index in [1.807, 2.05) is 43.3 Å². The molecule has 2 aromatic rings. The van der Waals surface area contributed by atoms with E-state index in [1.54, 1.807) is 6.20 Å². The van der Waals surface area contributed by atoms with Gasteiger partial charge in [0.15, 0.2) is 5.96 Å². The number of aromatic amines is 1. The summed E-state index contributed by atoms with van der Waals surface area (Å²) in [6, 6.07) is 11.7. The highest BCUT2D eigenvalue weighted by Gasteiger charge is 1.98. The Labute approximate surface area is 124 Å². The van der Waals surface area contributed by atoms with Gasteiger partial charge in [-0.2, -0.15) is 5.10 Å². The maximum absolute atomic E-state index is 5.62. The molecule has 6 nitrogen and oxygen atoms in total. The molecule has 0 bridgehead atoms. The molecule has 2 rings (SSSR count). The van der Waals surface area contributed by atoms with Crippen LogP contribution >= 0.6 is 0 Å². The average Bonchev–Trinajstić information content (AvgIpc) is 3.03. The Morgan fingerprint density at radius 2 is 2.10 bits per heavy atom. The SMILES string of the molecule is CCNC(=NCc1ccn[nH]1)NCCOc1ccccc1. The molecule has 0 aliphatic carbocycles. The fourth-order valence-electron chi connectivity index (χ4n) is 1.73. The van der Waals surface area contributed by atoms with Gasteiger partial charge in [-0.25, -0.2) is 4.99 Å². The number of hydrogen-bond acceptors (Lipinski definition) is 3. The molecule has 21 heavy (non-hydrogen) atoms. The molecule has 0 unspecified atom stereocenters. The summed E-state index contributed by atoms with van der Waals surface area (Å²) in [4.78, 5) is 4.47. The van der Waals surface area contributed by atoms with Crippen LogP contribution in [-0.4, -0.2) is 35.9 Å². The zero-order chi connectivity index (χ0) is 14.8. The van der Waals surface area contributed by atoms with Gasteiger partial charge in [0.25, 0.3) is 0 Å². The highest BCUT2D eigenvalue weighted by Crippen LogP contribution is 2.07. The van der Waals surface area contributed by atoms with Gasteiger partial charge in [0, 0.05) is 12.7 Å². The fourth-order valence-corrected chi connectivity index (χ4v) is 1.73. The number of aromatic nitrogens is 2. The van der Waals surface area contributed by atoms with Crippen LogP contribution in [0.1, 0.15) is 12.6 Å². The first-order valence-corrected chi connectivity index (χ1v) is 7.06. The van der Waals surface area contributed by atoms with Crippen molar-refractivity contribution in [2.75, 3.05) is 19.7 Å². The Morgan fingerprint density at radius 1 is 1.24 bits per heavy atom. The van der Waals surface area contributed by atoms with Gasteiger partial charge in [-0.15, -0.1) is 0 Å². The number of rotatable bonds is 7. The van der Waals surface area contributed by atoms with Crippen molar-refractivity contribution in [1.29, 1.82) is 0 Å². The van der Waals surface area contributed by atoms with Crippen LogP contribution in [0, 0.1) is 0 Å². The number of para-hydroxylation sites is 1. The highest BCUT2D eigenvalue weighted by molar-refractivity contribution is 5.79. The van der Waals surface area contributed by atoms with E-state index in [9.17, 15) is 0 Å². The standard InChI is InChI=1S/C15H21N5O/c1-2-16-15(18-12-13-8-9-19-20-13)17-10-11-21-14-6-4-3-5-7-14/h3-9H,2,10-12H2,1H3,(H,19,20)(H2,16,17,18). The molecular formula is C15H21N5O. The monoisotopic (exact) mass is 287 g/mol. The van der Waals surface area contributed by atoms with Gasteiger partial charge in [-0.05, 0) is 25.1 Å². The van der Waals surface area contributed by atoms with Crippen LogP contribution in [0.25, 0.3) is 0 Å². The molecule has 0 aliphatic rings. The second-order valence-corrected chi connectivity index (χ2v) is 4.37. The number of aliphatic imine (C=N–C) groups is 1. The third kappa shape index (κ3) is 5.56. The van der Waals surface area contributed by atoms with Gasteiger partial charge >= 0.3 is 0 Å². The lowest BCUT2D eigenvalue weighted by Crippen LogP contribution is -2.39. The summed E-state index contributed by atoms with van der Waals surface area (Å²) in [5.74, 6) is 1.64. The quantitative estimate of drug-likeness (QED) is 0.410. The summed E-state index contributed by atoms with van der Waals surface area (Å²) in [7, 11) is 0. The molecule has 1 aromatic carbocycles. The van der Waals surface area contributed by atoms with E-state index in [-0.39, 0.29) is 0 Å². The third-order valence-electron chi connectivity index (χ3n) is 2.72. The summed E-state index contributed by atoms with van der Waals surface area (Å²) >= 11 is 0. The summed E-state index contributed by atoms with van der Waals surface area (Å²) in [5.41, 5.74) is 0.979. The second-order valence-electron chi connectivity index (χ2n) is 4.37. The number of hydrogen-bond donors (Lipinski definition) is 3. The van der Waals surface area contributed by atoms with Gasteiger partial charge in [-0.3, -0.25) is 5.10 Å². The summed E-state index contributed by atoms with van der Waals surface area (Å²) in [5, 5.41) is 13.2. The lowest BCUT2D eigenvalue weighted by molar-refractivity contribution is 0.322. The molecule has 0 fully saturated rings. The third-order valence-corrected chi connectivity index (χ3v) is 2.72. The maximum Gasteiger partial charge on any atom is 0.191 e. The summed E-state index contributed by atoms with van der Waals surface area (Å²) < 4.78 is 5.62. The molecule has 0 atom stereocenters. The van der Waals surface area contributed by atoms with Crippen molar-refractivity contribution in [2.45, 2.75) is 13.5 Å². The maximum atomic E-state index is 5.62. The Kier molecular flexibility index (Phi) is 6.12. The highest BCUT2D eigenvalue weighted by atomic mass is 16.5. The van der Waals surface area contributed by atoms with E-state index in [0.29, 0.717) is 19.7 Å². The molecule has 1 heterocycles. The molecule has 0 spiro atoms. The molecule has 0 saturated heterocycles. The number of ether oxygens (including phenoxy) is 1. The predicted octanol–water partition coefficient (Wildman–Crippen LogP) is 1.54. The molecule has 0 amide bonds. The van der Waals surface area contributed by atoms with E-state index in [1.165, 1.54) is 0 Å². The number of nitrogens with zero attached hydrogens (tertiary/aromatic N) is 2. The average molecular weight is 287 g/mol. The van der Waals surface area contributed by atoms with Crippen molar-refractivity contribution in [2.24, 2.45) is 4.99 Å². The van der Waals surface area contributed by atoms with Gasteiger partial charge in [0.2, 0.25) is 0 Å². The molecular weight excluding hydrogens is 266 g/mol. The van der Waals surface area contributed by atoms with Crippen molar-refractivity contribution in [1.82, 2.24) is 20.8 Å². The summed E-state index contributed by atoms with van der Waals surface area (Å²) in [6.07, 6.45) is 1.72. The fraction of sp³-hybridized carbons (Fsp3) is 0.333.